The summed E-state index contributed by atoms with van der Waals surface area (Å²) in [6, 6.07) is 10.8. The van der Waals surface area contributed by atoms with Crippen molar-refractivity contribution >= 4 is 5.91 Å². The second-order valence-corrected chi connectivity index (χ2v) is 4.47. The zero-order valence-corrected chi connectivity index (χ0v) is 12.2. The van der Waals surface area contributed by atoms with E-state index in [4.69, 9.17) is 14.7 Å². The first-order valence-electron chi connectivity index (χ1n) is 6.74. The highest BCUT2D eigenvalue weighted by Crippen LogP contribution is 2.17. The van der Waals surface area contributed by atoms with Crippen LogP contribution in [0.4, 0.5) is 0 Å². The van der Waals surface area contributed by atoms with Crippen LogP contribution >= 0.6 is 0 Å². The number of hydrogen-bond donors (Lipinski definition) is 1. The van der Waals surface area contributed by atoms with Gasteiger partial charge in [0.25, 0.3) is 5.91 Å². The van der Waals surface area contributed by atoms with Gasteiger partial charge in [-0.2, -0.15) is 0 Å². The Labute approximate surface area is 127 Å². The molecule has 2 aromatic rings. The van der Waals surface area contributed by atoms with Gasteiger partial charge in [-0.3, -0.25) is 4.79 Å². The van der Waals surface area contributed by atoms with Crippen LogP contribution in [0.3, 0.4) is 0 Å². The first-order valence-corrected chi connectivity index (χ1v) is 6.74. The minimum absolute atomic E-state index is 0.0883. The first kappa shape index (κ1) is 15.5. The van der Waals surface area contributed by atoms with Gasteiger partial charge in [0.15, 0.2) is 5.76 Å². The summed E-state index contributed by atoms with van der Waals surface area (Å²) < 4.78 is 10.6. The second-order valence-electron chi connectivity index (χ2n) is 4.47. The Morgan fingerprint density at radius 2 is 2.18 bits per heavy atom. The smallest absolute Gasteiger partial charge is 0.287 e. The number of para-hydroxylation sites is 1. The third kappa shape index (κ3) is 4.04. The number of azide groups is 1. The number of carbonyl (C=O) groups is 1. The lowest BCUT2D eigenvalue weighted by Crippen LogP contribution is -2.25. The van der Waals surface area contributed by atoms with Crippen molar-refractivity contribution in [2.45, 2.75) is 13.0 Å². The molecular weight excluding hydrogens is 284 g/mol. The number of methoxy groups -OCH3 is 1. The van der Waals surface area contributed by atoms with Crippen LogP contribution < -0.4 is 10.1 Å². The topological polar surface area (TPSA) is 100 Å². The number of rotatable bonds is 7. The Balaban J connectivity index is 1.87. The zero-order chi connectivity index (χ0) is 15.8. The predicted octanol–water partition coefficient (Wildman–Crippen LogP) is 3.07. The SMILES string of the molecule is COc1ccccc1CCNC(=O)c1ccc(CN=[N+]=[N-])o1. The Morgan fingerprint density at radius 1 is 1.36 bits per heavy atom. The van der Waals surface area contributed by atoms with Crippen molar-refractivity contribution in [1.82, 2.24) is 5.32 Å². The molecule has 1 heterocycles. The minimum atomic E-state index is -0.304. The van der Waals surface area contributed by atoms with Gasteiger partial charge >= 0.3 is 0 Å². The monoisotopic (exact) mass is 300 g/mol. The molecule has 1 aromatic heterocycles. The summed E-state index contributed by atoms with van der Waals surface area (Å²) in [4.78, 5) is 14.6. The third-order valence-corrected chi connectivity index (χ3v) is 3.05. The maximum absolute atomic E-state index is 11.9. The van der Waals surface area contributed by atoms with Crippen LogP contribution in [0.5, 0.6) is 5.75 Å². The van der Waals surface area contributed by atoms with Gasteiger partial charge in [-0.25, -0.2) is 0 Å². The van der Waals surface area contributed by atoms with E-state index in [-0.39, 0.29) is 18.2 Å². The Kier molecular flexibility index (Phi) is 5.45. The molecule has 1 amide bonds. The quantitative estimate of drug-likeness (QED) is 0.483. The molecule has 0 radical (unpaired) electrons. The molecular formula is C15H16N4O3. The highest BCUT2D eigenvalue weighted by atomic mass is 16.5. The fourth-order valence-electron chi connectivity index (χ4n) is 1.99. The van der Waals surface area contributed by atoms with E-state index in [1.165, 1.54) is 0 Å². The normalized spacial score (nSPS) is 9.86. The van der Waals surface area contributed by atoms with Crippen LogP contribution in [-0.2, 0) is 13.0 Å². The van der Waals surface area contributed by atoms with Crippen LogP contribution in [0.15, 0.2) is 45.9 Å². The van der Waals surface area contributed by atoms with Crippen LogP contribution in [0.25, 0.3) is 10.4 Å². The van der Waals surface area contributed by atoms with E-state index in [0.717, 1.165) is 11.3 Å². The summed E-state index contributed by atoms with van der Waals surface area (Å²) in [7, 11) is 1.62. The lowest BCUT2D eigenvalue weighted by molar-refractivity contribution is 0.0924. The molecule has 7 nitrogen and oxygen atoms in total. The molecule has 7 heteroatoms. The number of benzene rings is 1. The van der Waals surface area contributed by atoms with Crippen LogP contribution in [0, 0.1) is 0 Å². The number of nitrogens with one attached hydrogen (secondary N) is 1. The highest BCUT2D eigenvalue weighted by Gasteiger charge is 2.10. The van der Waals surface area contributed by atoms with Crippen molar-refractivity contribution < 1.29 is 13.9 Å². The van der Waals surface area contributed by atoms with E-state index in [9.17, 15) is 4.79 Å². The number of hydrogen-bond acceptors (Lipinski definition) is 4. The maximum atomic E-state index is 11.9. The molecule has 0 aliphatic rings. The predicted molar refractivity (Wildman–Crippen MR) is 80.6 cm³/mol. The van der Waals surface area contributed by atoms with E-state index in [1.807, 2.05) is 24.3 Å². The van der Waals surface area contributed by atoms with Gasteiger partial charge in [-0.05, 0) is 35.7 Å². The van der Waals surface area contributed by atoms with Crippen LogP contribution in [-0.4, -0.2) is 19.6 Å². The molecule has 114 valence electrons. The van der Waals surface area contributed by atoms with E-state index in [0.29, 0.717) is 18.7 Å². The Hall–Kier alpha value is -2.92. The lowest BCUT2D eigenvalue weighted by Gasteiger charge is -2.08. The molecule has 0 bridgehead atoms. The number of nitrogens with zero attached hydrogens (tertiary/aromatic N) is 3. The third-order valence-electron chi connectivity index (χ3n) is 3.05. The summed E-state index contributed by atoms with van der Waals surface area (Å²) in [5.74, 6) is 1.14. The summed E-state index contributed by atoms with van der Waals surface area (Å²) in [6.07, 6.45) is 0.655. The number of furan rings is 1. The second kappa shape index (κ2) is 7.75. The summed E-state index contributed by atoms with van der Waals surface area (Å²) in [6.45, 7) is 0.552. The van der Waals surface area contributed by atoms with Gasteiger partial charge < -0.3 is 14.5 Å². The molecule has 0 aliphatic carbocycles. The minimum Gasteiger partial charge on any atom is -0.496 e. The molecule has 0 saturated heterocycles. The molecule has 1 N–H and O–H groups in total. The summed E-state index contributed by atoms with van der Waals surface area (Å²) in [5, 5.41) is 6.15. The Morgan fingerprint density at radius 3 is 2.95 bits per heavy atom. The molecule has 22 heavy (non-hydrogen) atoms. The van der Waals surface area contributed by atoms with Gasteiger partial charge in [0, 0.05) is 11.5 Å². The number of amides is 1. The molecule has 0 saturated carbocycles. The van der Waals surface area contributed by atoms with Gasteiger partial charge in [-0.1, -0.05) is 23.3 Å². The molecule has 1 aromatic carbocycles. The van der Waals surface area contributed by atoms with Crippen molar-refractivity contribution in [3.63, 3.8) is 0 Å². The van der Waals surface area contributed by atoms with Crippen molar-refractivity contribution in [2.24, 2.45) is 5.11 Å². The first-order chi connectivity index (χ1) is 10.7. The van der Waals surface area contributed by atoms with Crippen molar-refractivity contribution in [3.8, 4) is 5.75 Å². The van der Waals surface area contributed by atoms with Crippen molar-refractivity contribution in [3.05, 3.63) is 63.9 Å². The summed E-state index contributed by atoms with van der Waals surface area (Å²) >= 11 is 0. The maximum Gasteiger partial charge on any atom is 0.287 e. The lowest BCUT2D eigenvalue weighted by atomic mass is 10.1. The number of carbonyl (C=O) groups excluding carboxylic acids is 1. The van der Waals surface area contributed by atoms with E-state index < -0.39 is 0 Å². The van der Waals surface area contributed by atoms with Crippen molar-refractivity contribution in [1.29, 1.82) is 0 Å². The fourth-order valence-corrected chi connectivity index (χ4v) is 1.99. The van der Waals surface area contributed by atoms with Crippen LogP contribution in [0.2, 0.25) is 0 Å². The molecule has 0 atom stereocenters. The van der Waals surface area contributed by atoms with E-state index in [1.54, 1.807) is 19.2 Å². The molecule has 0 spiro atoms. The van der Waals surface area contributed by atoms with Gasteiger partial charge in [0.1, 0.15) is 11.5 Å². The van der Waals surface area contributed by atoms with Crippen LogP contribution in [0.1, 0.15) is 21.9 Å². The van der Waals surface area contributed by atoms with Gasteiger partial charge in [0.2, 0.25) is 0 Å². The largest absolute Gasteiger partial charge is 0.496 e. The molecule has 2 rings (SSSR count). The Bertz CT molecular complexity index is 690. The van der Waals surface area contributed by atoms with Gasteiger partial charge in [0.05, 0.1) is 13.7 Å². The molecule has 0 fully saturated rings. The van der Waals surface area contributed by atoms with E-state index in [2.05, 4.69) is 15.3 Å². The number of ether oxygens (including phenoxy) is 1. The average molecular weight is 300 g/mol. The standard InChI is InChI=1S/C15H16N4O3/c1-21-13-5-3-2-4-11(13)8-9-17-15(20)14-7-6-12(22-14)10-18-19-16/h2-7H,8-10H2,1H3,(H,17,20). The molecule has 0 unspecified atom stereocenters. The van der Waals surface area contributed by atoms with Gasteiger partial charge in [-0.15, -0.1) is 0 Å². The fraction of sp³-hybridized carbons (Fsp3) is 0.267. The van der Waals surface area contributed by atoms with E-state index >= 15 is 0 Å². The summed E-state index contributed by atoms with van der Waals surface area (Å²) in [5.41, 5.74) is 9.26. The highest BCUT2D eigenvalue weighted by molar-refractivity contribution is 5.91. The average Bonchev–Trinajstić information content (AvgIpc) is 3.02. The zero-order valence-electron chi connectivity index (χ0n) is 12.2. The van der Waals surface area contributed by atoms with Crippen molar-refractivity contribution in [2.75, 3.05) is 13.7 Å². The molecule has 0 aliphatic heterocycles.